The third kappa shape index (κ3) is 13.0. The van der Waals surface area contributed by atoms with Gasteiger partial charge in [0, 0.05) is 0 Å². The molecule has 2 heterocycles. The predicted molar refractivity (Wildman–Crippen MR) is 161 cm³/mol. The Balaban J connectivity index is 1.48. The lowest BCUT2D eigenvalue weighted by Crippen LogP contribution is -2.17. The SMILES string of the molecule is CCCCCCCCCCCCCCCCSC(CC)[PH](=O)COC(C)Cn1cnc2c(N)ncnc21. The van der Waals surface area contributed by atoms with Crippen LogP contribution in [-0.2, 0) is 15.8 Å². The normalized spacial score (nSPS) is 14.2. The van der Waals surface area contributed by atoms with Crippen molar-refractivity contribution >= 4 is 36.5 Å². The largest absolute Gasteiger partial charge is 0.382 e. The van der Waals surface area contributed by atoms with Crippen LogP contribution in [0.3, 0.4) is 0 Å². The molecule has 7 nitrogen and oxygen atoms in total. The highest BCUT2D eigenvalue weighted by Crippen LogP contribution is 2.39. The van der Waals surface area contributed by atoms with E-state index in [-0.39, 0.29) is 11.1 Å². The van der Waals surface area contributed by atoms with Gasteiger partial charge in [0.2, 0.25) is 0 Å². The van der Waals surface area contributed by atoms with Crippen LogP contribution in [0.5, 0.6) is 0 Å². The third-order valence-corrected chi connectivity index (χ3v) is 11.1. The lowest BCUT2D eigenvalue weighted by atomic mass is 10.0. The minimum absolute atomic E-state index is 0.0872. The van der Waals surface area contributed by atoms with Crippen molar-refractivity contribution in [1.29, 1.82) is 0 Å². The highest BCUT2D eigenvalue weighted by Gasteiger charge is 2.17. The van der Waals surface area contributed by atoms with Crippen LogP contribution in [0.2, 0.25) is 0 Å². The Bertz CT molecular complexity index is 881. The summed E-state index contributed by atoms with van der Waals surface area (Å²) in [4.78, 5) is 12.8. The molecule has 0 radical (unpaired) electrons. The second-order valence-electron chi connectivity index (χ2n) is 10.3. The Labute approximate surface area is 230 Å². The number of thioether (sulfide) groups is 1. The number of nitrogens with zero attached hydrogens (tertiary/aromatic N) is 4. The summed E-state index contributed by atoms with van der Waals surface area (Å²) >= 11 is 1.88. The van der Waals surface area contributed by atoms with E-state index in [0.29, 0.717) is 29.9 Å². The molecule has 0 amide bonds. The van der Waals surface area contributed by atoms with Crippen molar-refractivity contribution in [2.75, 3.05) is 17.8 Å². The lowest BCUT2D eigenvalue weighted by molar-refractivity contribution is 0.0879. The van der Waals surface area contributed by atoms with Crippen LogP contribution in [0, 0.1) is 0 Å². The first-order valence-corrected chi connectivity index (χ1v) is 17.5. The molecule has 3 unspecified atom stereocenters. The Morgan fingerprint density at radius 2 is 1.51 bits per heavy atom. The molecular weight excluding hydrogens is 501 g/mol. The molecule has 0 aliphatic carbocycles. The maximum absolute atomic E-state index is 12.9. The summed E-state index contributed by atoms with van der Waals surface area (Å²) in [6.07, 6.45) is 23.7. The van der Waals surface area contributed by atoms with Gasteiger partial charge in [-0.15, -0.1) is 0 Å². The highest BCUT2D eigenvalue weighted by atomic mass is 32.2. The summed E-state index contributed by atoms with van der Waals surface area (Å²) in [6.45, 7) is 7.00. The molecule has 0 saturated heterocycles. The number of anilines is 1. The molecule has 0 aromatic carbocycles. The third-order valence-electron chi connectivity index (χ3n) is 6.94. The van der Waals surface area contributed by atoms with E-state index in [1.807, 2.05) is 23.3 Å². The number of unbranched alkanes of at least 4 members (excludes halogenated alkanes) is 13. The first kappa shape index (κ1) is 32.1. The maximum Gasteiger partial charge on any atom is 0.165 e. The van der Waals surface area contributed by atoms with Crippen LogP contribution < -0.4 is 5.73 Å². The maximum atomic E-state index is 12.9. The molecule has 3 atom stereocenters. The van der Waals surface area contributed by atoms with E-state index < -0.39 is 7.80 Å². The Kier molecular flexibility index (Phi) is 17.3. The fourth-order valence-corrected chi connectivity index (χ4v) is 7.92. The van der Waals surface area contributed by atoms with Gasteiger partial charge in [0.05, 0.1) is 30.3 Å². The highest BCUT2D eigenvalue weighted by molar-refractivity contribution is 8.04. The monoisotopic (exact) mass is 553 g/mol. The molecule has 0 aliphatic rings. The van der Waals surface area contributed by atoms with Crippen molar-refractivity contribution < 1.29 is 9.30 Å². The molecule has 0 saturated carbocycles. The van der Waals surface area contributed by atoms with Crippen LogP contribution in [-0.4, -0.2) is 42.7 Å². The predicted octanol–water partition coefficient (Wildman–Crippen LogP) is 8.28. The standard InChI is InChI=1S/C28H52N5O2PS/c1-4-6-7-8-9-10-11-12-13-14-15-16-17-18-19-37-25(5-2)36(34)23-35-24(3)20-33-22-32-26-27(29)30-21-31-28(26)33/h21-22,24-25,36H,4-20,23H2,1-3H3,(H2,29,30,31). The molecule has 0 bridgehead atoms. The zero-order valence-electron chi connectivity index (χ0n) is 23.6. The van der Waals surface area contributed by atoms with Crippen molar-refractivity contribution in [3.05, 3.63) is 12.7 Å². The van der Waals surface area contributed by atoms with Gasteiger partial charge in [-0.1, -0.05) is 97.3 Å². The molecule has 37 heavy (non-hydrogen) atoms. The molecule has 9 heteroatoms. The zero-order chi connectivity index (χ0) is 26.7. The second-order valence-corrected chi connectivity index (χ2v) is 13.9. The van der Waals surface area contributed by atoms with Crippen molar-refractivity contribution in [2.24, 2.45) is 0 Å². The first-order chi connectivity index (χ1) is 18.1. The Morgan fingerprint density at radius 3 is 2.11 bits per heavy atom. The van der Waals surface area contributed by atoms with Gasteiger partial charge in [-0.25, -0.2) is 15.0 Å². The van der Waals surface area contributed by atoms with Gasteiger partial charge in [0.15, 0.2) is 11.5 Å². The van der Waals surface area contributed by atoms with Crippen molar-refractivity contribution in [2.45, 2.75) is 135 Å². The van der Waals surface area contributed by atoms with E-state index in [2.05, 4.69) is 28.8 Å². The van der Waals surface area contributed by atoms with Gasteiger partial charge < -0.3 is 19.6 Å². The number of ether oxygens (including phenoxy) is 1. The molecule has 0 aliphatic heterocycles. The van der Waals surface area contributed by atoms with Crippen LogP contribution in [0.1, 0.15) is 117 Å². The number of hydrogen-bond acceptors (Lipinski definition) is 7. The number of hydrogen-bond donors (Lipinski definition) is 1. The summed E-state index contributed by atoms with van der Waals surface area (Å²) in [5, 5.41) is 0. The van der Waals surface area contributed by atoms with E-state index >= 15 is 0 Å². The number of fused-ring (bicyclic) bond motifs is 1. The van der Waals surface area contributed by atoms with Gasteiger partial charge in [-0.3, -0.25) is 0 Å². The van der Waals surface area contributed by atoms with Crippen LogP contribution in [0.25, 0.3) is 11.2 Å². The summed E-state index contributed by atoms with van der Waals surface area (Å²) < 4.78 is 20.8. The molecule has 2 aromatic rings. The Morgan fingerprint density at radius 1 is 0.919 bits per heavy atom. The van der Waals surface area contributed by atoms with E-state index in [9.17, 15) is 4.57 Å². The second kappa shape index (κ2) is 19.9. The molecule has 0 spiro atoms. The molecule has 0 fully saturated rings. The summed E-state index contributed by atoms with van der Waals surface area (Å²) in [5.41, 5.74) is 7.17. The van der Waals surface area contributed by atoms with E-state index in [1.54, 1.807) is 6.33 Å². The van der Waals surface area contributed by atoms with Gasteiger partial charge in [0.25, 0.3) is 0 Å². The number of nitrogens with two attached hydrogens (primary N) is 1. The van der Waals surface area contributed by atoms with Crippen LogP contribution in [0.4, 0.5) is 5.82 Å². The van der Waals surface area contributed by atoms with Crippen molar-refractivity contribution in [3.63, 3.8) is 0 Å². The van der Waals surface area contributed by atoms with Crippen LogP contribution >= 0.6 is 19.6 Å². The smallest absolute Gasteiger partial charge is 0.165 e. The number of nitrogen functional groups attached to an aromatic ring is 1. The summed E-state index contributed by atoms with van der Waals surface area (Å²) in [7, 11) is -1.80. The van der Waals surface area contributed by atoms with Crippen molar-refractivity contribution in [3.8, 4) is 0 Å². The average Bonchev–Trinajstić information content (AvgIpc) is 3.31. The average molecular weight is 554 g/mol. The van der Waals surface area contributed by atoms with Gasteiger partial charge in [0.1, 0.15) is 19.6 Å². The number of aromatic nitrogens is 4. The topological polar surface area (TPSA) is 95.9 Å². The quantitative estimate of drug-likeness (QED) is 0.109. The fraction of sp³-hybridized carbons (Fsp3) is 0.821. The molecule has 2 N–H and O–H groups in total. The molecular formula is C28H52N5O2PS. The lowest BCUT2D eigenvalue weighted by Gasteiger charge is -2.18. The van der Waals surface area contributed by atoms with Gasteiger partial charge >= 0.3 is 0 Å². The van der Waals surface area contributed by atoms with Gasteiger partial charge in [-0.05, 0) is 25.5 Å². The van der Waals surface area contributed by atoms with Gasteiger partial charge in [-0.2, -0.15) is 11.8 Å². The molecule has 212 valence electrons. The van der Waals surface area contributed by atoms with E-state index in [4.69, 9.17) is 10.5 Å². The minimum Gasteiger partial charge on any atom is -0.382 e. The summed E-state index contributed by atoms with van der Waals surface area (Å²) in [6, 6.07) is 0. The fourth-order valence-electron chi connectivity index (χ4n) is 4.64. The van der Waals surface area contributed by atoms with Crippen LogP contribution in [0.15, 0.2) is 12.7 Å². The molecule has 2 rings (SSSR count). The number of imidazole rings is 1. The zero-order valence-corrected chi connectivity index (χ0v) is 25.4. The number of rotatable bonds is 23. The molecule has 2 aromatic heterocycles. The minimum atomic E-state index is -1.80. The van der Waals surface area contributed by atoms with Crippen molar-refractivity contribution in [1.82, 2.24) is 19.5 Å². The van der Waals surface area contributed by atoms with E-state index in [0.717, 1.165) is 12.2 Å². The first-order valence-electron chi connectivity index (χ1n) is 14.7. The van der Waals surface area contributed by atoms with E-state index in [1.165, 1.54) is 96.2 Å². The summed E-state index contributed by atoms with van der Waals surface area (Å²) in [5.74, 6) is 1.48. The Hall–Kier alpha value is -1.11.